The molecule has 6 nitrogen and oxygen atoms in total. The van der Waals surface area contributed by atoms with Crippen LogP contribution in [0.5, 0.6) is 11.5 Å². The summed E-state index contributed by atoms with van der Waals surface area (Å²) in [6.07, 6.45) is 3.85. The molecule has 0 radical (unpaired) electrons. The average molecular weight is 478 g/mol. The van der Waals surface area contributed by atoms with Crippen molar-refractivity contribution >= 4 is 34.9 Å². The summed E-state index contributed by atoms with van der Waals surface area (Å²) in [6.45, 7) is 1.02. The van der Waals surface area contributed by atoms with Crippen LogP contribution in [0, 0.1) is 0 Å². The summed E-state index contributed by atoms with van der Waals surface area (Å²) < 4.78 is 11.0. The first-order valence-electron chi connectivity index (χ1n) is 10.8. The number of likely N-dealkylation sites (N-methyl/N-ethyl adjacent to an activating group) is 1. The van der Waals surface area contributed by atoms with E-state index in [2.05, 4.69) is 34.7 Å². The van der Waals surface area contributed by atoms with Crippen molar-refractivity contribution in [3.8, 4) is 11.5 Å². The van der Waals surface area contributed by atoms with Crippen molar-refractivity contribution in [2.75, 3.05) is 33.1 Å². The van der Waals surface area contributed by atoms with Crippen LogP contribution in [0.1, 0.15) is 31.2 Å². The summed E-state index contributed by atoms with van der Waals surface area (Å²) in [5.74, 6) is 1.49. The highest BCUT2D eigenvalue weighted by Crippen LogP contribution is 2.49. The molecule has 1 saturated heterocycles. The molecule has 3 atom stereocenters. The van der Waals surface area contributed by atoms with Gasteiger partial charge in [-0.05, 0) is 69.1 Å². The van der Waals surface area contributed by atoms with Crippen LogP contribution < -0.4 is 20.1 Å². The summed E-state index contributed by atoms with van der Waals surface area (Å²) in [5, 5.41) is 6.72. The number of hydrogen-bond donors (Lipinski definition) is 2. The number of methoxy groups -OCH3 is 2. The Labute approximate surface area is 199 Å². The molecule has 4 rings (SSSR count). The number of carbonyl (C=O) groups is 1. The zero-order valence-corrected chi connectivity index (χ0v) is 20.1. The first-order chi connectivity index (χ1) is 15.4. The van der Waals surface area contributed by atoms with E-state index in [1.807, 2.05) is 6.07 Å². The number of likely N-dealkylation sites (tertiary alicyclic amines) is 1. The molecular weight excluding hydrogens is 449 g/mol. The number of nitrogens with zero attached hydrogens (tertiary/aromatic N) is 1. The van der Waals surface area contributed by atoms with Crippen LogP contribution in [0.4, 0.5) is 10.5 Å². The Bertz CT molecular complexity index is 1000. The molecule has 172 valence electrons. The molecule has 2 aliphatic rings. The fourth-order valence-electron chi connectivity index (χ4n) is 5.34. The number of urea groups is 1. The largest absolute Gasteiger partial charge is 0.493 e. The summed E-state index contributed by atoms with van der Waals surface area (Å²) in [6, 6.07) is 11.6. The predicted octanol–water partition coefficient (Wildman–Crippen LogP) is 5.33. The number of carbonyl (C=O) groups excluding carboxylic acids is 1. The van der Waals surface area contributed by atoms with E-state index < -0.39 is 0 Å². The van der Waals surface area contributed by atoms with Crippen molar-refractivity contribution in [1.29, 1.82) is 0 Å². The lowest BCUT2D eigenvalue weighted by atomic mass is 9.65. The van der Waals surface area contributed by atoms with Crippen molar-refractivity contribution in [1.82, 2.24) is 10.2 Å². The van der Waals surface area contributed by atoms with Gasteiger partial charge >= 0.3 is 6.03 Å². The topological polar surface area (TPSA) is 62.8 Å². The first kappa shape index (κ1) is 23.0. The molecular formula is C24H29Cl2N3O3. The number of anilines is 1. The van der Waals surface area contributed by atoms with Crippen LogP contribution in [0.25, 0.3) is 0 Å². The van der Waals surface area contributed by atoms with E-state index in [4.69, 9.17) is 32.7 Å². The molecule has 2 fully saturated rings. The molecule has 1 heterocycles. The third kappa shape index (κ3) is 4.24. The minimum atomic E-state index is -0.265. The van der Waals surface area contributed by atoms with E-state index in [0.29, 0.717) is 21.8 Å². The number of amides is 2. The number of nitrogens with one attached hydrogen (secondary N) is 2. The first-order valence-corrected chi connectivity index (χ1v) is 11.6. The maximum atomic E-state index is 12.7. The van der Waals surface area contributed by atoms with Gasteiger partial charge in [0.15, 0.2) is 11.5 Å². The second-order valence-electron chi connectivity index (χ2n) is 8.64. The fourth-order valence-corrected chi connectivity index (χ4v) is 5.69. The van der Waals surface area contributed by atoms with Gasteiger partial charge < -0.3 is 25.0 Å². The van der Waals surface area contributed by atoms with Crippen LogP contribution in [0.3, 0.4) is 0 Å². The van der Waals surface area contributed by atoms with Crippen LogP contribution in [-0.4, -0.2) is 50.8 Å². The highest BCUT2D eigenvalue weighted by atomic mass is 35.5. The second-order valence-corrected chi connectivity index (χ2v) is 9.43. The molecule has 3 unspecified atom stereocenters. The molecule has 0 aromatic heterocycles. The Hall–Kier alpha value is -2.15. The number of halogens is 2. The molecule has 2 N–H and O–H groups in total. The fraction of sp³-hybridized carbons (Fsp3) is 0.458. The van der Waals surface area contributed by atoms with E-state index in [1.54, 1.807) is 32.4 Å². The summed E-state index contributed by atoms with van der Waals surface area (Å²) in [4.78, 5) is 15.1. The van der Waals surface area contributed by atoms with Crippen LogP contribution >= 0.6 is 23.2 Å². The van der Waals surface area contributed by atoms with Gasteiger partial charge in [-0.1, -0.05) is 35.3 Å². The normalized spacial score (nSPS) is 25.2. The average Bonchev–Trinajstić information content (AvgIpc) is 3.13. The number of benzene rings is 2. The number of rotatable bonds is 5. The molecule has 32 heavy (non-hydrogen) atoms. The molecule has 1 aliphatic carbocycles. The van der Waals surface area contributed by atoms with Gasteiger partial charge in [0.25, 0.3) is 0 Å². The van der Waals surface area contributed by atoms with Gasteiger partial charge in [0.05, 0.1) is 30.0 Å². The van der Waals surface area contributed by atoms with Crippen molar-refractivity contribution in [3.63, 3.8) is 0 Å². The predicted molar refractivity (Wildman–Crippen MR) is 129 cm³/mol. The Morgan fingerprint density at radius 3 is 2.66 bits per heavy atom. The molecule has 1 aliphatic heterocycles. The van der Waals surface area contributed by atoms with E-state index in [1.165, 1.54) is 5.56 Å². The quantitative estimate of drug-likeness (QED) is 0.610. The van der Waals surface area contributed by atoms with Crippen molar-refractivity contribution < 1.29 is 14.3 Å². The standard InChI is InChI=1S/C24H29Cl2N3O3/c1-29-12-11-24(15-7-8-19(31-2)20(13-15)32-3)10-9-16(14-21(24)29)27-23(30)28-18-6-4-5-17(25)22(18)26/h4-8,13,16,21H,9-12,14H2,1-3H3,(H2,27,28,30). The van der Waals surface area contributed by atoms with Gasteiger partial charge in [-0.3, -0.25) is 0 Å². The van der Waals surface area contributed by atoms with Crippen LogP contribution in [-0.2, 0) is 5.41 Å². The van der Waals surface area contributed by atoms with E-state index in [-0.39, 0.29) is 17.5 Å². The van der Waals surface area contributed by atoms with Gasteiger partial charge in [-0.25, -0.2) is 4.79 Å². The van der Waals surface area contributed by atoms with Crippen LogP contribution in [0.2, 0.25) is 10.0 Å². The SMILES string of the molecule is COc1ccc(C23CCC(NC(=O)Nc4cccc(Cl)c4Cl)CC2N(C)CC3)cc1OC. The van der Waals surface area contributed by atoms with Gasteiger partial charge in [0.1, 0.15) is 0 Å². The molecule has 2 aromatic rings. The Balaban J connectivity index is 1.49. The van der Waals surface area contributed by atoms with Gasteiger partial charge in [0.2, 0.25) is 0 Å². The second kappa shape index (κ2) is 9.38. The van der Waals surface area contributed by atoms with Crippen molar-refractivity contribution in [3.05, 3.63) is 52.0 Å². The van der Waals surface area contributed by atoms with Gasteiger partial charge in [0, 0.05) is 17.5 Å². The molecule has 8 heteroatoms. The molecule has 0 spiro atoms. The lowest BCUT2D eigenvalue weighted by Gasteiger charge is -2.45. The van der Waals surface area contributed by atoms with Gasteiger partial charge in [-0.15, -0.1) is 0 Å². The molecule has 1 saturated carbocycles. The zero-order chi connectivity index (χ0) is 22.9. The molecule has 0 bridgehead atoms. The Kier molecular flexibility index (Phi) is 6.75. The Morgan fingerprint density at radius 1 is 1.12 bits per heavy atom. The van der Waals surface area contributed by atoms with Crippen molar-refractivity contribution in [2.24, 2.45) is 0 Å². The van der Waals surface area contributed by atoms with Crippen LogP contribution in [0.15, 0.2) is 36.4 Å². The lowest BCUT2D eigenvalue weighted by Crippen LogP contribution is -2.52. The zero-order valence-electron chi connectivity index (χ0n) is 18.6. The summed E-state index contributed by atoms with van der Waals surface area (Å²) in [7, 11) is 5.49. The van der Waals surface area contributed by atoms with E-state index >= 15 is 0 Å². The Morgan fingerprint density at radius 2 is 1.91 bits per heavy atom. The van der Waals surface area contributed by atoms with Gasteiger partial charge in [-0.2, -0.15) is 0 Å². The minimum Gasteiger partial charge on any atom is -0.493 e. The smallest absolute Gasteiger partial charge is 0.319 e. The highest BCUT2D eigenvalue weighted by molar-refractivity contribution is 6.43. The summed E-state index contributed by atoms with van der Waals surface area (Å²) >= 11 is 12.3. The number of fused-ring (bicyclic) bond motifs is 1. The third-order valence-electron chi connectivity index (χ3n) is 7.02. The van der Waals surface area contributed by atoms with E-state index in [9.17, 15) is 4.79 Å². The highest BCUT2D eigenvalue weighted by Gasteiger charge is 2.50. The van der Waals surface area contributed by atoms with E-state index in [0.717, 1.165) is 43.7 Å². The lowest BCUT2D eigenvalue weighted by molar-refractivity contribution is 0.156. The third-order valence-corrected chi connectivity index (χ3v) is 7.84. The molecule has 2 aromatic carbocycles. The maximum absolute atomic E-state index is 12.7. The monoisotopic (exact) mass is 477 g/mol. The maximum Gasteiger partial charge on any atom is 0.319 e. The number of ether oxygens (including phenoxy) is 2. The number of hydrogen-bond acceptors (Lipinski definition) is 4. The summed E-state index contributed by atoms with van der Waals surface area (Å²) in [5.41, 5.74) is 1.82. The minimum absolute atomic E-state index is 0.0409. The van der Waals surface area contributed by atoms with Crippen molar-refractivity contribution in [2.45, 2.75) is 43.2 Å². The molecule has 2 amide bonds.